The molecule has 0 unspecified atom stereocenters. The van der Waals surface area contributed by atoms with E-state index in [9.17, 15) is 4.79 Å². The molecule has 0 spiro atoms. The van der Waals surface area contributed by atoms with Gasteiger partial charge in [0.15, 0.2) is 5.65 Å². The molecule has 0 bridgehead atoms. The maximum absolute atomic E-state index is 13.4. The van der Waals surface area contributed by atoms with Gasteiger partial charge in [-0.3, -0.25) is 4.79 Å². The second kappa shape index (κ2) is 7.41. The average molecular weight is 396 g/mol. The Morgan fingerprint density at radius 1 is 1.07 bits per heavy atom. The van der Waals surface area contributed by atoms with Gasteiger partial charge >= 0.3 is 0 Å². The van der Waals surface area contributed by atoms with Crippen LogP contribution in [0.1, 0.15) is 51.8 Å². The summed E-state index contributed by atoms with van der Waals surface area (Å²) in [6.07, 6.45) is 3.11. The van der Waals surface area contributed by atoms with Crippen molar-refractivity contribution >= 4 is 16.9 Å². The van der Waals surface area contributed by atoms with Crippen molar-refractivity contribution in [3.8, 4) is 5.69 Å². The zero-order valence-electron chi connectivity index (χ0n) is 17.2. The van der Waals surface area contributed by atoms with Gasteiger partial charge in [0, 0.05) is 5.69 Å². The van der Waals surface area contributed by atoms with Crippen LogP contribution in [0.15, 0.2) is 60.7 Å². The first-order chi connectivity index (χ1) is 14.6. The van der Waals surface area contributed by atoms with Crippen molar-refractivity contribution in [1.82, 2.24) is 20.1 Å². The Bertz CT molecular complexity index is 1240. The van der Waals surface area contributed by atoms with Crippen LogP contribution in [0.25, 0.3) is 16.7 Å². The van der Waals surface area contributed by atoms with E-state index in [1.54, 1.807) is 0 Å². The Hall–Kier alpha value is -3.47. The van der Waals surface area contributed by atoms with Gasteiger partial charge in [-0.15, -0.1) is 0 Å². The largest absolute Gasteiger partial charge is 0.345 e. The average Bonchev–Trinajstić information content (AvgIpc) is 3.10. The lowest BCUT2D eigenvalue weighted by Gasteiger charge is -2.26. The number of pyridine rings is 1. The lowest BCUT2D eigenvalue weighted by Crippen LogP contribution is -2.31. The smallest absolute Gasteiger partial charge is 0.252 e. The monoisotopic (exact) mass is 396 g/mol. The van der Waals surface area contributed by atoms with Crippen LogP contribution in [-0.2, 0) is 6.42 Å². The highest BCUT2D eigenvalue weighted by Gasteiger charge is 2.25. The summed E-state index contributed by atoms with van der Waals surface area (Å²) in [6, 6.07) is 20.2. The summed E-state index contributed by atoms with van der Waals surface area (Å²) >= 11 is 0. The molecule has 0 aliphatic heterocycles. The molecule has 5 heteroatoms. The highest BCUT2D eigenvalue weighted by Crippen LogP contribution is 2.31. The van der Waals surface area contributed by atoms with E-state index in [0.717, 1.165) is 41.7 Å². The maximum atomic E-state index is 13.4. The quantitative estimate of drug-likeness (QED) is 0.539. The first kappa shape index (κ1) is 18.6. The third-order valence-corrected chi connectivity index (χ3v) is 5.86. The molecule has 150 valence electrons. The number of amides is 1. The number of fused-ring (bicyclic) bond motifs is 2. The number of aromatic nitrogens is 3. The van der Waals surface area contributed by atoms with Crippen LogP contribution in [0.2, 0.25) is 0 Å². The fraction of sp³-hybridized carbons (Fsp3) is 0.240. The van der Waals surface area contributed by atoms with Crippen LogP contribution in [0.4, 0.5) is 0 Å². The number of nitrogens with zero attached hydrogens (tertiary/aromatic N) is 3. The van der Waals surface area contributed by atoms with E-state index in [1.807, 2.05) is 61.0 Å². The molecule has 1 atom stereocenters. The predicted molar refractivity (Wildman–Crippen MR) is 118 cm³/mol. The summed E-state index contributed by atoms with van der Waals surface area (Å²) in [5.74, 6) is -0.0667. The summed E-state index contributed by atoms with van der Waals surface area (Å²) in [6.45, 7) is 3.86. The van der Waals surface area contributed by atoms with Gasteiger partial charge in [-0.05, 0) is 62.4 Å². The van der Waals surface area contributed by atoms with Gasteiger partial charge in [-0.1, -0.05) is 42.5 Å². The fourth-order valence-corrected chi connectivity index (χ4v) is 4.48. The zero-order valence-corrected chi connectivity index (χ0v) is 17.2. The van der Waals surface area contributed by atoms with Gasteiger partial charge in [0.1, 0.15) is 0 Å². The van der Waals surface area contributed by atoms with Gasteiger partial charge in [0.05, 0.1) is 28.4 Å². The van der Waals surface area contributed by atoms with Crippen LogP contribution < -0.4 is 5.32 Å². The van der Waals surface area contributed by atoms with Gasteiger partial charge in [0.2, 0.25) is 0 Å². The number of hydrogen-bond donors (Lipinski definition) is 1. The summed E-state index contributed by atoms with van der Waals surface area (Å²) in [7, 11) is 0. The van der Waals surface area contributed by atoms with Crippen LogP contribution in [0.3, 0.4) is 0 Å². The highest BCUT2D eigenvalue weighted by molar-refractivity contribution is 6.07. The zero-order chi connectivity index (χ0) is 20.7. The van der Waals surface area contributed by atoms with Gasteiger partial charge in [0.25, 0.3) is 5.91 Å². The molecule has 0 fully saturated rings. The molecule has 1 aliphatic carbocycles. The molecule has 30 heavy (non-hydrogen) atoms. The third-order valence-electron chi connectivity index (χ3n) is 5.86. The fourth-order valence-electron chi connectivity index (χ4n) is 4.48. The van der Waals surface area contributed by atoms with E-state index in [2.05, 4.69) is 23.5 Å². The minimum absolute atomic E-state index is 0.0374. The topological polar surface area (TPSA) is 59.8 Å². The lowest BCUT2D eigenvalue weighted by atomic mass is 9.87. The molecule has 2 aromatic carbocycles. The Morgan fingerprint density at radius 3 is 2.67 bits per heavy atom. The molecule has 5 rings (SSSR count). The molecule has 5 nitrogen and oxygen atoms in total. The molecule has 1 N–H and O–H groups in total. The first-order valence-corrected chi connectivity index (χ1v) is 10.4. The summed E-state index contributed by atoms with van der Waals surface area (Å²) in [5.41, 5.74) is 6.45. The number of carbonyl (C=O) groups excluding carboxylic acids is 1. The molecule has 0 saturated carbocycles. The molecule has 2 heterocycles. The van der Waals surface area contributed by atoms with Crippen molar-refractivity contribution in [2.45, 2.75) is 39.2 Å². The minimum Gasteiger partial charge on any atom is -0.345 e. The predicted octanol–water partition coefficient (Wildman–Crippen LogP) is 4.84. The van der Waals surface area contributed by atoms with Crippen molar-refractivity contribution in [3.63, 3.8) is 0 Å². The summed E-state index contributed by atoms with van der Waals surface area (Å²) in [5, 5.41) is 8.80. The number of aryl methyl sites for hydroxylation is 3. The van der Waals surface area contributed by atoms with Crippen molar-refractivity contribution in [3.05, 3.63) is 88.7 Å². The second-order valence-electron chi connectivity index (χ2n) is 7.96. The molecule has 1 amide bonds. The standard InChI is InChI=1S/C25H24N4O/c1-16-15-21(25(30)27-22-14-8-10-18-9-6-7-13-20(18)22)23-17(2)28-29(24(23)26-16)19-11-4-3-5-12-19/h3-7,9,11-13,15,22H,8,10,14H2,1-2H3,(H,27,30)/t22-/m0/s1. The van der Waals surface area contributed by atoms with Gasteiger partial charge in [-0.25, -0.2) is 9.67 Å². The van der Waals surface area contributed by atoms with E-state index >= 15 is 0 Å². The second-order valence-corrected chi connectivity index (χ2v) is 7.96. The minimum atomic E-state index is -0.0667. The number of hydrogen-bond acceptors (Lipinski definition) is 3. The van der Waals surface area contributed by atoms with E-state index in [4.69, 9.17) is 10.1 Å². The molecule has 0 saturated heterocycles. The van der Waals surface area contributed by atoms with Crippen LogP contribution in [-0.4, -0.2) is 20.7 Å². The van der Waals surface area contributed by atoms with E-state index < -0.39 is 0 Å². The number of para-hydroxylation sites is 1. The lowest BCUT2D eigenvalue weighted by molar-refractivity contribution is 0.0934. The summed E-state index contributed by atoms with van der Waals surface area (Å²) in [4.78, 5) is 18.1. The van der Waals surface area contributed by atoms with Crippen molar-refractivity contribution in [1.29, 1.82) is 0 Å². The molecule has 4 aromatic rings. The van der Waals surface area contributed by atoms with Crippen LogP contribution >= 0.6 is 0 Å². The maximum Gasteiger partial charge on any atom is 0.252 e. The summed E-state index contributed by atoms with van der Waals surface area (Å²) < 4.78 is 1.82. The molecular formula is C25H24N4O. The number of rotatable bonds is 3. The van der Waals surface area contributed by atoms with E-state index in [1.165, 1.54) is 11.1 Å². The van der Waals surface area contributed by atoms with E-state index in [-0.39, 0.29) is 11.9 Å². The SMILES string of the molecule is Cc1cc(C(=O)N[C@H]2CCCc3ccccc32)c2c(C)nn(-c3ccccc3)c2n1. The molecular weight excluding hydrogens is 372 g/mol. The van der Waals surface area contributed by atoms with Crippen LogP contribution in [0.5, 0.6) is 0 Å². The van der Waals surface area contributed by atoms with E-state index in [0.29, 0.717) is 11.2 Å². The van der Waals surface area contributed by atoms with Gasteiger partial charge < -0.3 is 5.32 Å². The number of nitrogens with one attached hydrogen (secondary N) is 1. The highest BCUT2D eigenvalue weighted by atomic mass is 16.1. The number of carbonyl (C=O) groups is 1. The Labute approximate surface area is 175 Å². The molecule has 1 aliphatic rings. The molecule has 2 aromatic heterocycles. The normalized spacial score (nSPS) is 15.7. The van der Waals surface area contributed by atoms with Crippen LogP contribution in [0, 0.1) is 13.8 Å². The van der Waals surface area contributed by atoms with Crippen molar-refractivity contribution < 1.29 is 4.79 Å². The molecule has 0 radical (unpaired) electrons. The van der Waals surface area contributed by atoms with Crippen molar-refractivity contribution in [2.75, 3.05) is 0 Å². The number of benzene rings is 2. The first-order valence-electron chi connectivity index (χ1n) is 10.4. The Balaban J connectivity index is 1.57. The van der Waals surface area contributed by atoms with Gasteiger partial charge in [-0.2, -0.15) is 5.10 Å². The van der Waals surface area contributed by atoms with Crippen molar-refractivity contribution in [2.24, 2.45) is 0 Å². The third kappa shape index (κ3) is 3.16. The Morgan fingerprint density at radius 2 is 1.83 bits per heavy atom. The Kier molecular flexibility index (Phi) is 4.58.